The van der Waals surface area contributed by atoms with Crippen molar-refractivity contribution in [3.8, 4) is 5.75 Å². The average Bonchev–Trinajstić information content (AvgIpc) is 2.71. The molecule has 8 heteroatoms. The van der Waals surface area contributed by atoms with Crippen LogP contribution in [0.5, 0.6) is 5.75 Å². The molecule has 0 fully saturated rings. The van der Waals surface area contributed by atoms with Gasteiger partial charge in [0.15, 0.2) is 0 Å². The molecular formula is C25H40N2O5S. The fourth-order valence-electron chi connectivity index (χ4n) is 3.31. The van der Waals surface area contributed by atoms with Crippen LogP contribution in [0.15, 0.2) is 24.3 Å². The zero-order chi connectivity index (χ0) is 25.0. The van der Waals surface area contributed by atoms with E-state index in [9.17, 15) is 19.5 Å². The Morgan fingerprint density at radius 3 is 2.27 bits per heavy atom. The summed E-state index contributed by atoms with van der Waals surface area (Å²) in [7, 11) is 1.61. The van der Waals surface area contributed by atoms with Gasteiger partial charge in [0.2, 0.25) is 11.8 Å². The van der Waals surface area contributed by atoms with Crippen LogP contribution in [-0.2, 0) is 14.4 Å². The minimum atomic E-state index is -1.03. The van der Waals surface area contributed by atoms with Crippen molar-refractivity contribution in [2.75, 3.05) is 25.2 Å². The zero-order valence-corrected chi connectivity index (χ0v) is 21.6. The van der Waals surface area contributed by atoms with Gasteiger partial charge in [0.1, 0.15) is 11.8 Å². The molecule has 0 aliphatic carbocycles. The second-order valence-corrected chi connectivity index (χ2v) is 11.0. The Kier molecular flexibility index (Phi) is 12.3. The first-order valence-corrected chi connectivity index (χ1v) is 12.6. The number of methoxy groups -OCH3 is 1. The third-order valence-corrected chi connectivity index (χ3v) is 6.06. The van der Waals surface area contributed by atoms with Crippen molar-refractivity contribution in [1.29, 1.82) is 0 Å². The van der Waals surface area contributed by atoms with E-state index >= 15 is 0 Å². The highest BCUT2D eigenvalue weighted by atomic mass is 32.2. The van der Waals surface area contributed by atoms with Gasteiger partial charge in [0, 0.05) is 18.7 Å². The van der Waals surface area contributed by atoms with Gasteiger partial charge in [-0.15, -0.1) is 0 Å². The largest absolute Gasteiger partial charge is 0.497 e. The lowest BCUT2D eigenvalue weighted by atomic mass is 9.89. The lowest BCUT2D eigenvalue weighted by Crippen LogP contribution is -2.43. The lowest BCUT2D eigenvalue weighted by Gasteiger charge is -2.20. The summed E-state index contributed by atoms with van der Waals surface area (Å²) < 4.78 is 5.20. The highest BCUT2D eigenvalue weighted by Gasteiger charge is 2.24. The molecule has 0 unspecified atom stereocenters. The molecule has 3 N–H and O–H groups in total. The minimum absolute atomic E-state index is 0.00303. The van der Waals surface area contributed by atoms with Crippen LogP contribution in [0.1, 0.15) is 65.4 Å². The van der Waals surface area contributed by atoms with Crippen molar-refractivity contribution >= 4 is 29.5 Å². The highest BCUT2D eigenvalue weighted by Crippen LogP contribution is 2.26. The third-order valence-electron chi connectivity index (χ3n) is 4.92. The number of hydrogen-bond acceptors (Lipinski definition) is 5. The summed E-state index contributed by atoms with van der Waals surface area (Å²) in [5.74, 6) is 0.604. The standard InChI is InChI=1S/C25H40N2O5S/c1-17(2)14-20(18-8-10-19(32-6)11-9-18)23(29)26-12-7-13-33-16-21(24(30)31)27-22(28)15-25(3,4)5/h8-11,17,20-21H,7,12-16H2,1-6H3,(H,26,29)(H,27,28)(H,30,31)/t20-,21-/m0/s1. The molecule has 0 heterocycles. The van der Waals surface area contributed by atoms with Crippen LogP contribution in [0.3, 0.4) is 0 Å². The van der Waals surface area contributed by atoms with Gasteiger partial charge in [-0.2, -0.15) is 11.8 Å². The van der Waals surface area contributed by atoms with Crippen LogP contribution in [-0.4, -0.2) is 54.1 Å². The third kappa shape index (κ3) is 12.0. The van der Waals surface area contributed by atoms with Gasteiger partial charge in [-0.25, -0.2) is 4.79 Å². The summed E-state index contributed by atoms with van der Waals surface area (Å²) >= 11 is 1.46. The second kappa shape index (κ2) is 14.1. The number of aliphatic carboxylic acids is 1. The number of carboxylic acid groups (broad SMARTS) is 1. The van der Waals surface area contributed by atoms with Crippen molar-refractivity contribution < 1.29 is 24.2 Å². The summed E-state index contributed by atoms with van der Waals surface area (Å²) in [5.41, 5.74) is 0.768. The molecule has 33 heavy (non-hydrogen) atoms. The number of thioether (sulfide) groups is 1. The van der Waals surface area contributed by atoms with Crippen molar-refractivity contribution in [2.24, 2.45) is 11.3 Å². The molecular weight excluding hydrogens is 440 g/mol. The lowest BCUT2D eigenvalue weighted by molar-refractivity contribution is -0.141. The molecule has 1 rings (SSSR count). The van der Waals surface area contributed by atoms with E-state index in [0.29, 0.717) is 24.0 Å². The number of amides is 2. The van der Waals surface area contributed by atoms with E-state index in [1.54, 1.807) is 7.11 Å². The van der Waals surface area contributed by atoms with E-state index < -0.39 is 12.0 Å². The van der Waals surface area contributed by atoms with Crippen molar-refractivity contribution in [3.05, 3.63) is 29.8 Å². The molecule has 1 aromatic carbocycles. The quantitative estimate of drug-likeness (QED) is 0.347. The van der Waals surface area contributed by atoms with Crippen LogP contribution >= 0.6 is 11.8 Å². The van der Waals surface area contributed by atoms with Crippen LogP contribution in [0.4, 0.5) is 0 Å². The molecule has 7 nitrogen and oxygen atoms in total. The van der Waals surface area contributed by atoms with E-state index in [2.05, 4.69) is 24.5 Å². The molecule has 1 aromatic rings. The fourth-order valence-corrected chi connectivity index (χ4v) is 4.29. The van der Waals surface area contributed by atoms with Gasteiger partial charge in [-0.05, 0) is 47.6 Å². The Morgan fingerprint density at radius 2 is 1.76 bits per heavy atom. The Morgan fingerprint density at radius 1 is 1.12 bits per heavy atom. The molecule has 2 amide bonds. The Hall–Kier alpha value is -2.22. The van der Waals surface area contributed by atoms with Crippen LogP contribution in [0.25, 0.3) is 0 Å². The number of ether oxygens (including phenoxy) is 1. The molecule has 2 atom stereocenters. The van der Waals surface area contributed by atoms with Gasteiger partial charge < -0.3 is 20.5 Å². The topological polar surface area (TPSA) is 105 Å². The Balaban J connectivity index is 2.46. The fraction of sp³-hybridized carbons (Fsp3) is 0.640. The Labute approximate surface area is 202 Å². The molecule has 0 saturated carbocycles. The number of carbonyl (C=O) groups excluding carboxylic acids is 2. The van der Waals surface area contributed by atoms with Crippen LogP contribution < -0.4 is 15.4 Å². The maximum Gasteiger partial charge on any atom is 0.327 e. The molecule has 0 aliphatic rings. The number of carboxylic acids is 1. The van der Waals surface area contributed by atoms with Crippen LogP contribution in [0, 0.1) is 11.3 Å². The van der Waals surface area contributed by atoms with Crippen molar-refractivity contribution in [1.82, 2.24) is 10.6 Å². The van der Waals surface area contributed by atoms with Gasteiger partial charge in [-0.1, -0.05) is 46.8 Å². The summed E-state index contributed by atoms with van der Waals surface area (Å²) in [5, 5.41) is 15.0. The van der Waals surface area contributed by atoms with Gasteiger partial charge in [0.05, 0.1) is 13.0 Å². The summed E-state index contributed by atoms with van der Waals surface area (Å²) in [6.07, 6.45) is 1.75. The number of benzene rings is 1. The molecule has 0 aromatic heterocycles. The normalized spacial score (nSPS) is 13.3. The maximum atomic E-state index is 12.8. The van der Waals surface area contributed by atoms with Gasteiger partial charge in [0.25, 0.3) is 0 Å². The summed E-state index contributed by atoms with van der Waals surface area (Å²) in [6, 6.07) is 6.69. The second-order valence-electron chi connectivity index (χ2n) is 9.87. The first-order valence-electron chi connectivity index (χ1n) is 11.4. The minimum Gasteiger partial charge on any atom is -0.497 e. The van der Waals surface area contributed by atoms with E-state index in [-0.39, 0.29) is 29.6 Å². The molecule has 186 valence electrons. The highest BCUT2D eigenvalue weighted by molar-refractivity contribution is 7.99. The predicted octanol–water partition coefficient (Wildman–Crippen LogP) is 4.07. The summed E-state index contributed by atoms with van der Waals surface area (Å²) in [4.78, 5) is 36.3. The van der Waals surface area contributed by atoms with Crippen molar-refractivity contribution in [2.45, 2.75) is 65.8 Å². The molecule has 0 radical (unpaired) electrons. The van der Waals surface area contributed by atoms with Crippen LogP contribution in [0.2, 0.25) is 0 Å². The first kappa shape index (κ1) is 28.8. The van der Waals surface area contributed by atoms with E-state index in [4.69, 9.17) is 4.74 Å². The zero-order valence-electron chi connectivity index (χ0n) is 20.8. The molecule has 0 aliphatic heterocycles. The maximum absolute atomic E-state index is 12.8. The molecule has 0 spiro atoms. The Bertz CT molecular complexity index is 759. The number of hydrogen-bond donors (Lipinski definition) is 3. The average molecular weight is 481 g/mol. The number of carbonyl (C=O) groups is 3. The van der Waals surface area contributed by atoms with Crippen molar-refractivity contribution in [3.63, 3.8) is 0 Å². The number of nitrogens with one attached hydrogen (secondary N) is 2. The van der Waals surface area contributed by atoms with Gasteiger partial charge in [-0.3, -0.25) is 9.59 Å². The SMILES string of the molecule is COc1ccc([C@H](CC(C)C)C(=O)NCCCSC[C@H](NC(=O)CC(C)(C)C)C(=O)O)cc1. The van der Waals surface area contributed by atoms with Gasteiger partial charge >= 0.3 is 5.97 Å². The first-order chi connectivity index (χ1) is 15.4. The van der Waals surface area contributed by atoms with E-state index in [0.717, 1.165) is 24.2 Å². The smallest absolute Gasteiger partial charge is 0.327 e. The monoisotopic (exact) mass is 480 g/mol. The summed E-state index contributed by atoms with van der Waals surface area (Å²) in [6.45, 7) is 10.5. The molecule has 0 bridgehead atoms. The predicted molar refractivity (Wildman–Crippen MR) is 134 cm³/mol. The van der Waals surface area contributed by atoms with E-state index in [1.807, 2.05) is 45.0 Å². The van der Waals surface area contributed by atoms with E-state index in [1.165, 1.54) is 11.8 Å². The molecule has 0 saturated heterocycles. The number of rotatable bonds is 14.